The molecule has 2 aliphatic carbocycles. The molecule has 0 saturated heterocycles. The molecule has 0 spiro atoms. The van der Waals surface area contributed by atoms with Crippen LogP contribution in [0.1, 0.15) is 31.2 Å². The molecule has 0 radical (unpaired) electrons. The standard InChI is InChI=1S/C16H22N4S2/c1-21-15(5-6-15)10-18-13-4-3-12(9-17)14(20-13)19-11-16(22-2)7-8-16/h3-4H,5-8,10-11H2,1-2H3,(H2,18,19,20). The van der Waals surface area contributed by atoms with E-state index < -0.39 is 0 Å². The van der Waals surface area contributed by atoms with Crippen LogP contribution in [0.5, 0.6) is 0 Å². The SMILES string of the molecule is CSC1(CNc2ccc(C#N)c(NCC3(SC)CC3)n2)CC1. The molecule has 1 heterocycles. The van der Waals surface area contributed by atoms with Crippen LogP contribution in [0.2, 0.25) is 0 Å². The summed E-state index contributed by atoms with van der Waals surface area (Å²) in [6.45, 7) is 1.83. The lowest BCUT2D eigenvalue weighted by atomic mass is 10.2. The zero-order chi connectivity index (χ0) is 15.6. The van der Waals surface area contributed by atoms with Crippen LogP contribution in [0.3, 0.4) is 0 Å². The highest BCUT2D eigenvalue weighted by atomic mass is 32.2. The van der Waals surface area contributed by atoms with Crippen LogP contribution < -0.4 is 10.6 Å². The third kappa shape index (κ3) is 3.47. The van der Waals surface area contributed by atoms with Crippen molar-refractivity contribution in [2.75, 3.05) is 36.2 Å². The van der Waals surface area contributed by atoms with Crippen molar-refractivity contribution in [3.63, 3.8) is 0 Å². The molecule has 6 heteroatoms. The minimum atomic E-state index is 0.356. The zero-order valence-corrected chi connectivity index (χ0v) is 14.7. The van der Waals surface area contributed by atoms with Gasteiger partial charge in [-0.15, -0.1) is 0 Å². The summed E-state index contributed by atoms with van der Waals surface area (Å²) in [6, 6.07) is 5.99. The lowest BCUT2D eigenvalue weighted by molar-refractivity contribution is 0.927. The Morgan fingerprint density at radius 2 is 1.68 bits per heavy atom. The van der Waals surface area contributed by atoms with Gasteiger partial charge >= 0.3 is 0 Å². The second kappa shape index (κ2) is 6.21. The average Bonchev–Trinajstić information content (AvgIpc) is 3.47. The molecule has 2 aliphatic rings. The Kier molecular flexibility index (Phi) is 4.47. The Hall–Kier alpha value is -1.06. The van der Waals surface area contributed by atoms with Crippen LogP contribution in [0.25, 0.3) is 0 Å². The van der Waals surface area contributed by atoms with Crippen molar-refractivity contribution in [2.45, 2.75) is 35.2 Å². The average molecular weight is 335 g/mol. The summed E-state index contributed by atoms with van der Waals surface area (Å²) in [7, 11) is 0. The van der Waals surface area contributed by atoms with Gasteiger partial charge in [0.25, 0.3) is 0 Å². The predicted octanol–water partition coefficient (Wildman–Crippen LogP) is 3.57. The summed E-state index contributed by atoms with van der Waals surface area (Å²) < 4.78 is 0.759. The van der Waals surface area contributed by atoms with Gasteiger partial charge in [-0.2, -0.15) is 28.8 Å². The van der Waals surface area contributed by atoms with Gasteiger partial charge in [-0.05, 0) is 50.3 Å². The number of rotatable bonds is 8. The number of anilines is 2. The first-order chi connectivity index (χ1) is 10.6. The van der Waals surface area contributed by atoms with Crippen molar-refractivity contribution in [3.05, 3.63) is 17.7 Å². The molecule has 4 nitrogen and oxygen atoms in total. The molecule has 0 aliphatic heterocycles. The van der Waals surface area contributed by atoms with Crippen molar-refractivity contribution in [1.29, 1.82) is 5.26 Å². The van der Waals surface area contributed by atoms with Gasteiger partial charge in [-0.1, -0.05) is 0 Å². The van der Waals surface area contributed by atoms with Crippen LogP contribution in [0, 0.1) is 11.3 Å². The highest BCUT2D eigenvalue weighted by Crippen LogP contribution is 2.47. The van der Waals surface area contributed by atoms with Gasteiger partial charge in [0.05, 0.1) is 5.56 Å². The summed E-state index contributed by atoms with van der Waals surface area (Å²) >= 11 is 3.84. The second-order valence-corrected chi connectivity index (χ2v) is 8.73. The van der Waals surface area contributed by atoms with Crippen LogP contribution in [-0.2, 0) is 0 Å². The molecule has 0 atom stereocenters. The Morgan fingerprint density at radius 3 is 2.18 bits per heavy atom. The van der Waals surface area contributed by atoms with E-state index in [1.807, 2.05) is 35.7 Å². The van der Waals surface area contributed by atoms with Gasteiger partial charge in [0.15, 0.2) is 0 Å². The predicted molar refractivity (Wildman–Crippen MR) is 96.9 cm³/mol. The first-order valence-electron chi connectivity index (χ1n) is 7.63. The van der Waals surface area contributed by atoms with Gasteiger partial charge in [0.1, 0.15) is 17.7 Å². The van der Waals surface area contributed by atoms with Gasteiger partial charge in [0, 0.05) is 22.6 Å². The van der Waals surface area contributed by atoms with E-state index in [2.05, 4.69) is 34.2 Å². The van der Waals surface area contributed by atoms with Crippen molar-refractivity contribution in [1.82, 2.24) is 4.98 Å². The lowest BCUT2D eigenvalue weighted by Crippen LogP contribution is -2.20. The fraction of sp³-hybridized carbons (Fsp3) is 0.625. The number of nitrogens with zero attached hydrogens (tertiary/aromatic N) is 2. The number of hydrogen-bond donors (Lipinski definition) is 2. The van der Waals surface area contributed by atoms with Gasteiger partial charge < -0.3 is 10.6 Å². The van der Waals surface area contributed by atoms with E-state index in [0.29, 0.717) is 20.9 Å². The Balaban J connectivity index is 1.65. The Bertz CT molecular complexity index is 588. The molecule has 2 saturated carbocycles. The minimum Gasteiger partial charge on any atom is -0.369 e. The van der Waals surface area contributed by atoms with E-state index in [4.69, 9.17) is 0 Å². The molecule has 1 aromatic rings. The number of hydrogen-bond acceptors (Lipinski definition) is 6. The summed E-state index contributed by atoms with van der Waals surface area (Å²) in [4.78, 5) is 4.61. The first kappa shape index (κ1) is 15.8. The summed E-state index contributed by atoms with van der Waals surface area (Å²) in [5.74, 6) is 1.57. The first-order valence-corrected chi connectivity index (χ1v) is 10.1. The number of aromatic nitrogens is 1. The second-order valence-electron chi connectivity index (χ2n) is 6.19. The van der Waals surface area contributed by atoms with Crippen molar-refractivity contribution in [2.24, 2.45) is 0 Å². The number of thioether (sulfide) groups is 2. The van der Waals surface area contributed by atoms with Crippen LogP contribution in [-0.4, -0.2) is 40.1 Å². The maximum Gasteiger partial charge on any atom is 0.146 e. The molecule has 2 fully saturated rings. The van der Waals surface area contributed by atoms with Crippen molar-refractivity contribution >= 4 is 35.2 Å². The quantitative estimate of drug-likeness (QED) is 0.758. The largest absolute Gasteiger partial charge is 0.369 e. The highest BCUT2D eigenvalue weighted by Gasteiger charge is 2.42. The van der Waals surface area contributed by atoms with E-state index in [0.717, 1.165) is 18.9 Å². The van der Waals surface area contributed by atoms with Crippen LogP contribution >= 0.6 is 23.5 Å². The molecular formula is C16H22N4S2. The van der Waals surface area contributed by atoms with Crippen molar-refractivity contribution < 1.29 is 0 Å². The highest BCUT2D eigenvalue weighted by molar-refractivity contribution is 8.00. The zero-order valence-electron chi connectivity index (χ0n) is 13.1. The van der Waals surface area contributed by atoms with E-state index in [1.165, 1.54) is 25.7 Å². The molecular weight excluding hydrogens is 312 g/mol. The topological polar surface area (TPSA) is 60.7 Å². The number of nitriles is 1. The van der Waals surface area contributed by atoms with Crippen molar-refractivity contribution in [3.8, 4) is 6.07 Å². The summed E-state index contributed by atoms with van der Waals surface area (Å²) in [5, 5.41) is 16.1. The number of pyridine rings is 1. The van der Waals surface area contributed by atoms with E-state index in [-0.39, 0.29) is 0 Å². The maximum atomic E-state index is 9.26. The monoisotopic (exact) mass is 334 g/mol. The third-order valence-corrected chi connectivity index (χ3v) is 7.50. The minimum absolute atomic E-state index is 0.356. The lowest BCUT2D eigenvalue weighted by Gasteiger charge is -2.17. The summed E-state index contributed by atoms with van der Waals surface area (Å²) in [6.07, 6.45) is 9.38. The normalized spacial score (nSPS) is 20.0. The Morgan fingerprint density at radius 1 is 1.09 bits per heavy atom. The number of nitrogens with one attached hydrogen (secondary N) is 2. The Labute approximate surface area is 140 Å². The summed E-state index contributed by atoms with van der Waals surface area (Å²) in [5.41, 5.74) is 0.619. The van der Waals surface area contributed by atoms with Crippen LogP contribution in [0.15, 0.2) is 12.1 Å². The molecule has 0 bridgehead atoms. The molecule has 22 heavy (non-hydrogen) atoms. The van der Waals surface area contributed by atoms with E-state index in [9.17, 15) is 5.26 Å². The molecule has 0 aromatic carbocycles. The molecule has 118 valence electrons. The third-order valence-electron chi connectivity index (χ3n) is 4.67. The molecule has 2 N–H and O–H groups in total. The van der Waals surface area contributed by atoms with E-state index >= 15 is 0 Å². The van der Waals surface area contributed by atoms with Gasteiger partial charge in [0.2, 0.25) is 0 Å². The fourth-order valence-electron chi connectivity index (χ4n) is 2.46. The molecule has 0 unspecified atom stereocenters. The molecule has 1 aromatic heterocycles. The fourth-order valence-corrected chi connectivity index (χ4v) is 3.92. The smallest absolute Gasteiger partial charge is 0.146 e. The van der Waals surface area contributed by atoms with Gasteiger partial charge in [-0.25, -0.2) is 4.98 Å². The van der Waals surface area contributed by atoms with E-state index in [1.54, 1.807) is 0 Å². The van der Waals surface area contributed by atoms with Gasteiger partial charge in [-0.3, -0.25) is 0 Å². The van der Waals surface area contributed by atoms with Crippen LogP contribution in [0.4, 0.5) is 11.6 Å². The molecule has 3 rings (SSSR count). The maximum absolute atomic E-state index is 9.26. The molecule has 0 amide bonds.